The highest BCUT2D eigenvalue weighted by Gasteiger charge is 2.12. The first-order valence-electron chi connectivity index (χ1n) is 11.3. The molecule has 0 saturated carbocycles. The standard InChI is InChI=1S/C28H22N6O2/c1-20-17-24(36-28-30-15-6-16-31-28)11-12-25(20)32-26(35)13-10-22-19-34(23-8-3-2-4-9-23)33-27(22)21-7-5-14-29-18-21/h2-19H,1H3,(H,32,35)/b13-10+. The van der Waals surface area contributed by atoms with Gasteiger partial charge in [-0.3, -0.25) is 9.78 Å². The minimum atomic E-state index is -0.261. The Morgan fingerprint density at radius 1 is 0.972 bits per heavy atom. The van der Waals surface area contributed by atoms with Gasteiger partial charge in [-0.25, -0.2) is 14.6 Å². The fourth-order valence-corrected chi connectivity index (χ4v) is 3.57. The lowest BCUT2D eigenvalue weighted by atomic mass is 10.1. The van der Waals surface area contributed by atoms with Gasteiger partial charge in [0.1, 0.15) is 11.4 Å². The second-order valence-electron chi connectivity index (χ2n) is 7.89. The number of ether oxygens (including phenoxy) is 1. The summed E-state index contributed by atoms with van der Waals surface area (Å²) < 4.78 is 7.45. The molecule has 1 amide bonds. The van der Waals surface area contributed by atoms with Crippen LogP contribution in [0.1, 0.15) is 11.1 Å². The predicted octanol–water partition coefficient (Wildman–Crippen LogP) is 5.48. The molecule has 0 aliphatic rings. The Balaban J connectivity index is 1.34. The molecule has 5 rings (SSSR count). The number of para-hydroxylation sites is 1. The minimum Gasteiger partial charge on any atom is -0.424 e. The van der Waals surface area contributed by atoms with Crippen LogP contribution in [0.3, 0.4) is 0 Å². The van der Waals surface area contributed by atoms with Crippen molar-refractivity contribution < 1.29 is 9.53 Å². The van der Waals surface area contributed by atoms with Crippen LogP contribution in [0.2, 0.25) is 0 Å². The van der Waals surface area contributed by atoms with Gasteiger partial charge in [-0.1, -0.05) is 18.2 Å². The Hall–Kier alpha value is -5.11. The molecule has 0 radical (unpaired) electrons. The number of aryl methyl sites for hydroxylation is 1. The van der Waals surface area contributed by atoms with Crippen molar-refractivity contribution in [2.24, 2.45) is 0 Å². The number of carbonyl (C=O) groups is 1. The molecule has 2 aromatic carbocycles. The summed E-state index contributed by atoms with van der Waals surface area (Å²) in [6.07, 6.45) is 11.8. The lowest BCUT2D eigenvalue weighted by molar-refractivity contribution is -0.111. The lowest BCUT2D eigenvalue weighted by Gasteiger charge is -2.09. The summed E-state index contributed by atoms with van der Waals surface area (Å²) in [5.41, 5.74) is 4.84. The average molecular weight is 475 g/mol. The Labute approximate surface area is 208 Å². The van der Waals surface area contributed by atoms with E-state index in [1.165, 1.54) is 6.08 Å². The Kier molecular flexibility index (Phi) is 6.57. The van der Waals surface area contributed by atoms with Crippen molar-refractivity contribution in [2.45, 2.75) is 6.92 Å². The van der Waals surface area contributed by atoms with Crippen molar-refractivity contribution in [3.8, 4) is 28.7 Å². The van der Waals surface area contributed by atoms with Crippen LogP contribution in [0.5, 0.6) is 11.8 Å². The number of anilines is 1. The van der Waals surface area contributed by atoms with E-state index < -0.39 is 0 Å². The first kappa shape index (κ1) is 22.7. The first-order valence-corrected chi connectivity index (χ1v) is 11.3. The Bertz CT molecular complexity index is 1500. The zero-order valence-corrected chi connectivity index (χ0v) is 19.4. The number of pyridine rings is 1. The molecule has 8 nitrogen and oxygen atoms in total. The van der Waals surface area contributed by atoms with Crippen LogP contribution in [0.4, 0.5) is 5.69 Å². The smallest absolute Gasteiger partial charge is 0.321 e. The van der Waals surface area contributed by atoms with Crippen molar-refractivity contribution in [1.82, 2.24) is 24.7 Å². The number of amides is 1. The van der Waals surface area contributed by atoms with E-state index in [1.807, 2.05) is 61.7 Å². The second-order valence-corrected chi connectivity index (χ2v) is 7.89. The molecule has 5 aromatic rings. The fourth-order valence-electron chi connectivity index (χ4n) is 3.57. The number of nitrogens with zero attached hydrogens (tertiary/aromatic N) is 5. The van der Waals surface area contributed by atoms with E-state index in [4.69, 9.17) is 9.84 Å². The van der Waals surface area contributed by atoms with Crippen molar-refractivity contribution in [3.05, 3.63) is 115 Å². The average Bonchev–Trinajstić information content (AvgIpc) is 3.35. The summed E-state index contributed by atoms with van der Waals surface area (Å²) in [6, 6.07) is 20.9. The molecule has 3 heterocycles. The van der Waals surface area contributed by atoms with E-state index in [-0.39, 0.29) is 11.9 Å². The highest BCUT2D eigenvalue weighted by molar-refractivity contribution is 6.02. The molecule has 0 aliphatic carbocycles. The highest BCUT2D eigenvalue weighted by Crippen LogP contribution is 2.26. The molecule has 0 bridgehead atoms. The molecular formula is C28H22N6O2. The molecule has 36 heavy (non-hydrogen) atoms. The third kappa shape index (κ3) is 5.34. The van der Waals surface area contributed by atoms with Gasteiger partial charge in [0.2, 0.25) is 5.91 Å². The summed E-state index contributed by atoms with van der Waals surface area (Å²) in [5.74, 6) is 0.324. The van der Waals surface area contributed by atoms with Gasteiger partial charge in [-0.2, -0.15) is 5.10 Å². The third-order valence-corrected chi connectivity index (χ3v) is 5.32. The molecule has 0 saturated heterocycles. The number of hydrogen-bond acceptors (Lipinski definition) is 6. The maximum Gasteiger partial charge on any atom is 0.321 e. The quantitative estimate of drug-likeness (QED) is 0.314. The van der Waals surface area contributed by atoms with Gasteiger partial charge in [0.25, 0.3) is 0 Å². The summed E-state index contributed by atoms with van der Waals surface area (Å²) in [5, 5.41) is 7.66. The Morgan fingerprint density at radius 3 is 2.56 bits per heavy atom. The van der Waals surface area contributed by atoms with Gasteiger partial charge in [-0.15, -0.1) is 0 Å². The summed E-state index contributed by atoms with van der Waals surface area (Å²) in [7, 11) is 0. The van der Waals surface area contributed by atoms with Gasteiger partial charge in [0.05, 0.1) is 5.69 Å². The van der Waals surface area contributed by atoms with E-state index in [0.29, 0.717) is 11.4 Å². The second kappa shape index (κ2) is 10.4. The minimum absolute atomic E-state index is 0.261. The van der Waals surface area contributed by atoms with E-state index in [1.54, 1.807) is 53.7 Å². The maximum absolute atomic E-state index is 12.7. The van der Waals surface area contributed by atoms with Crippen LogP contribution in [0.15, 0.2) is 104 Å². The van der Waals surface area contributed by atoms with Crippen LogP contribution in [0.25, 0.3) is 23.0 Å². The molecular weight excluding hydrogens is 452 g/mol. The zero-order chi connectivity index (χ0) is 24.7. The number of carbonyl (C=O) groups excluding carboxylic acids is 1. The van der Waals surface area contributed by atoms with E-state index in [2.05, 4.69) is 20.3 Å². The van der Waals surface area contributed by atoms with Gasteiger partial charge in [0, 0.05) is 53.9 Å². The van der Waals surface area contributed by atoms with E-state index >= 15 is 0 Å². The monoisotopic (exact) mass is 474 g/mol. The van der Waals surface area contributed by atoms with E-state index in [9.17, 15) is 4.79 Å². The largest absolute Gasteiger partial charge is 0.424 e. The molecule has 0 fully saturated rings. The van der Waals surface area contributed by atoms with Gasteiger partial charge in [-0.05, 0) is 67.1 Å². The highest BCUT2D eigenvalue weighted by atomic mass is 16.5. The van der Waals surface area contributed by atoms with E-state index in [0.717, 1.165) is 28.1 Å². The van der Waals surface area contributed by atoms with Gasteiger partial charge >= 0.3 is 6.01 Å². The topological polar surface area (TPSA) is 94.8 Å². The van der Waals surface area contributed by atoms with Crippen molar-refractivity contribution in [2.75, 3.05) is 5.32 Å². The summed E-state index contributed by atoms with van der Waals surface area (Å²) in [6.45, 7) is 1.89. The normalized spacial score (nSPS) is 10.9. The van der Waals surface area contributed by atoms with Crippen LogP contribution < -0.4 is 10.1 Å². The maximum atomic E-state index is 12.7. The number of hydrogen-bond donors (Lipinski definition) is 1. The molecule has 0 atom stereocenters. The molecule has 0 unspecified atom stereocenters. The number of aromatic nitrogens is 5. The molecule has 176 valence electrons. The number of benzene rings is 2. The number of nitrogens with one attached hydrogen (secondary N) is 1. The van der Waals surface area contributed by atoms with Crippen molar-refractivity contribution >= 4 is 17.7 Å². The Morgan fingerprint density at radius 2 is 1.81 bits per heavy atom. The van der Waals surface area contributed by atoms with Gasteiger partial charge in [0.15, 0.2) is 0 Å². The molecule has 8 heteroatoms. The molecule has 0 spiro atoms. The summed E-state index contributed by atoms with van der Waals surface area (Å²) in [4.78, 5) is 25.1. The predicted molar refractivity (Wildman–Crippen MR) is 138 cm³/mol. The summed E-state index contributed by atoms with van der Waals surface area (Å²) >= 11 is 0. The first-order chi connectivity index (χ1) is 17.7. The molecule has 1 N–H and O–H groups in total. The SMILES string of the molecule is Cc1cc(Oc2ncccn2)ccc1NC(=O)/C=C/c1cn(-c2ccccc2)nc1-c1cccnc1. The fraction of sp³-hybridized carbons (Fsp3) is 0.0357. The zero-order valence-electron chi connectivity index (χ0n) is 19.4. The van der Waals surface area contributed by atoms with Gasteiger partial charge < -0.3 is 10.1 Å². The number of rotatable bonds is 7. The van der Waals surface area contributed by atoms with Crippen LogP contribution in [-0.4, -0.2) is 30.6 Å². The van der Waals surface area contributed by atoms with Crippen molar-refractivity contribution in [3.63, 3.8) is 0 Å². The van der Waals surface area contributed by atoms with Crippen molar-refractivity contribution in [1.29, 1.82) is 0 Å². The lowest BCUT2D eigenvalue weighted by Crippen LogP contribution is -2.09. The van der Waals surface area contributed by atoms with Crippen LogP contribution >= 0.6 is 0 Å². The molecule has 0 aliphatic heterocycles. The molecule has 3 aromatic heterocycles. The third-order valence-electron chi connectivity index (χ3n) is 5.32. The van der Waals surface area contributed by atoms with Crippen LogP contribution in [0, 0.1) is 6.92 Å². The van der Waals surface area contributed by atoms with Crippen LogP contribution in [-0.2, 0) is 4.79 Å².